The highest BCUT2D eigenvalue weighted by molar-refractivity contribution is 5.65. The third kappa shape index (κ3) is 2.47. The average Bonchev–Trinajstić information content (AvgIpc) is 2.92. The molecule has 0 aliphatic heterocycles. The van der Waals surface area contributed by atoms with Crippen molar-refractivity contribution < 1.29 is 4.92 Å². The number of pyridine rings is 1. The van der Waals surface area contributed by atoms with Crippen LogP contribution in [-0.2, 0) is 0 Å². The molecule has 2 rings (SSSR count). The van der Waals surface area contributed by atoms with Crippen molar-refractivity contribution in [2.75, 3.05) is 0 Å². The topological polar surface area (TPSA) is 76.0 Å². The maximum atomic E-state index is 12.1. The minimum atomic E-state index is -0.512. The van der Waals surface area contributed by atoms with E-state index in [4.69, 9.17) is 0 Å². The van der Waals surface area contributed by atoms with Gasteiger partial charge in [-0.25, -0.2) is 0 Å². The highest BCUT2D eigenvalue weighted by Gasteiger charge is 2.13. The maximum absolute atomic E-state index is 12.1. The van der Waals surface area contributed by atoms with Crippen LogP contribution in [0.4, 0.5) is 0 Å². The number of nitrogens with one attached hydrogen (secondary N) is 1. The minimum absolute atomic E-state index is 0.149. The average molecular weight is 272 g/mol. The summed E-state index contributed by atoms with van der Waals surface area (Å²) < 4.78 is 0. The molecule has 1 aliphatic rings. The summed E-state index contributed by atoms with van der Waals surface area (Å²) in [6.45, 7) is 5.16. The summed E-state index contributed by atoms with van der Waals surface area (Å²) in [5.41, 5.74) is 1.24. The van der Waals surface area contributed by atoms with E-state index in [-0.39, 0.29) is 11.3 Å². The molecule has 1 aliphatic carbocycles. The number of H-pyrrole nitrogens is 1. The predicted molar refractivity (Wildman–Crippen MR) is 78.9 cm³/mol. The molecule has 20 heavy (non-hydrogen) atoms. The normalized spacial score (nSPS) is 16.9. The van der Waals surface area contributed by atoms with E-state index in [0.717, 1.165) is 24.8 Å². The molecule has 1 heterocycles. The lowest BCUT2D eigenvalue weighted by molar-refractivity contribution is -0.375. The summed E-state index contributed by atoms with van der Waals surface area (Å²) in [7, 11) is 0. The molecule has 0 aromatic carbocycles. The van der Waals surface area contributed by atoms with Crippen molar-refractivity contribution in [1.82, 2.24) is 4.98 Å². The monoisotopic (exact) mass is 272 g/mol. The molecule has 1 N–H and O–H groups in total. The van der Waals surface area contributed by atoms with E-state index >= 15 is 0 Å². The van der Waals surface area contributed by atoms with Crippen LogP contribution in [0.1, 0.15) is 31.9 Å². The molecular weight excluding hydrogens is 256 g/mol. The number of allylic oxidation sites excluding steroid dienone is 2. The number of nitrogens with zero attached hydrogens (tertiary/aromatic N) is 1. The SMILES string of the molecule is C=C/C(=c1/cc(C2=CCCC2)[nH]c(=O)/c1=C/C)[N+](=O)[O-]. The molecule has 5 nitrogen and oxygen atoms in total. The number of aromatic amines is 1. The fraction of sp³-hybridized carbons (Fsp3) is 0.267. The van der Waals surface area contributed by atoms with Crippen LogP contribution in [0.15, 0.2) is 29.6 Å². The highest BCUT2D eigenvalue weighted by atomic mass is 16.6. The lowest BCUT2D eigenvalue weighted by atomic mass is 10.1. The highest BCUT2D eigenvalue weighted by Crippen LogP contribution is 2.24. The van der Waals surface area contributed by atoms with Crippen molar-refractivity contribution in [3.63, 3.8) is 0 Å². The number of aromatic nitrogens is 1. The minimum Gasteiger partial charge on any atom is -0.322 e. The van der Waals surface area contributed by atoms with Crippen LogP contribution in [0.2, 0.25) is 0 Å². The molecule has 1 aromatic heterocycles. The molecule has 0 unspecified atom stereocenters. The van der Waals surface area contributed by atoms with Gasteiger partial charge in [0, 0.05) is 17.0 Å². The zero-order valence-electron chi connectivity index (χ0n) is 11.3. The van der Waals surface area contributed by atoms with Gasteiger partial charge in [-0.05, 0) is 37.8 Å². The predicted octanol–water partition coefficient (Wildman–Crippen LogP) is 1.31. The molecule has 0 amide bonds. The molecule has 5 heteroatoms. The first kappa shape index (κ1) is 14.0. The Labute approximate surface area is 115 Å². The first-order valence-electron chi connectivity index (χ1n) is 6.48. The Balaban J connectivity index is 2.89. The van der Waals surface area contributed by atoms with Gasteiger partial charge in [-0.1, -0.05) is 18.7 Å². The third-order valence-corrected chi connectivity index (χ3v) is 3.41. The van der Waals surface area contributed by atoms with E-state index in [9.17, 15) is 14.9 Å². The summed E-state index contributed by atoms with van der Waals surface area (Å²) in [5, 5.41) is 11.7. The van der Waals surface area contributed by atoms with Gasteiger partial charge >= 0.3 is 0 Å². The second-order valence-corrected chi connectivity index (χ2v) is 4.60. The second kappa shape index (κ2) is 5.69. The van der Waals surface area contributed by atoms with Crippen LogP contribution < -0.4 is 16.0 Å². The summed E-state index contributed by atoms with van der Waals surface area (Å²) in [4.78, 5) is 25.5. The Bertz CT molecular complexity index is 769. The van der Waals surface area contributed by atoms with Gasteiger partial charge in [0.15, 0.2) is 0 Å². The number of rotatable bonds is 3. The van der Waals surface area contributed by atoms with Crippen LogP contribution in [-0.4, -0.2) is 9.91 Å². The van der Waals surface area contributed by atoms with Gasteiger partial charge in [-0.3, -0.25) is 14.9 Å². The van der Waals surface area contributed by atoms with Crippen molar-refractivity contribution in [2.24, 2.45) is 0 Å². The zero-order chi connectivity index (χ0) is 14.7. The molecule has 0 spiro atoms. The Morgan fingerprint density at radius 3 is 2.80 bits per heavy atom. The smallest absolute Gasteiger partial charge is 0.276 e. The van der Waals surface area contributed by atoms with Crippen molar-refractivity contribution in [3.8, 4) is 0 Å². The van der Waals surface area contributed by atoms with E-state index in [0.29, 0.717) is 16.1 Å². The largest absolute Gasteiger partial charge is 0.322 e. The van der Waals surface area contributed by atoms with Crippen LogP contribution in [0.3, 0.4) is 0 Å². The Morgan fingerprint density at radius 1 is 1.55 bits per heavy atom. The number of hydrogen-bond donors (Lipinski definition) is 1. The fourth-order valence-corrected chi connectivity index (χ4v) is 2.44. The molecule has 0 saturated heterocycles. The molecule has 1 aromatic rings. The standard InChI is InChI=1S/C15H16N2O3/c1-3-11-12(14(4-2)17(19)20)9-13(16-15(11)18)10-7-5-6-8-10/h3-4,7,9H,2,5-6,8H2,1H3,(H,16,18)/b11-3+,14-12+. The Morgan fingerprint density at radius 2 is 2.30 bits per heavy atom. The summed E-state index contributed by atoms with van der Waals surface area (Å²) in [5.74, 6) is 0. The lowest BCUT2D eigenvalue weighted by Gasteiger charge is -2.03. The number of nitro groups is 1. The van der Waals surface area contributed by atoms with Crippen molar-refractivity contribution in [1.29, 1.82) is 0 Å². The Kier molecular flexibility index (Phi) is 3.98. The third-order valence-electron chi connectivity index (χ3n) is 3.41. The molecular formula is C15H16N2O3. The molecule has 104 valence electrons. The summed E-state index contributed by atoms with van der Waals surface area (Å²) in [6, 6.07) is 1.67. The summed E-state index contributed by atoms with van der Waals surface area (Å²) in [6.07, 6.45) is 7.71. The van der Waals surface area contributed by atoms with Crippen LogP contribution >= 0.6 is 0 Å². The first-order chi connectivity index (χ1) is 9.58. The van der Waals surface area contributed by atoms with Crippen LogP contribution in [0.5, 0.6) is 0 Å². The van der Waals surface area contributed by atoms with E-state index in [1.54, 1.807) is 19.1 Å². The second-order valence-electron chi connectivity index (χ2n) is 4.60. The van der Waals surface area contributed by atoms with Gasteiger partial charge < -0.3 is 4.98 Å². The molecule has 0 bridgehead atoms. The number of hydrogen-bond acceptors (Lipinski definition) is 3. The lowest BCUT2D eigenvalue weighted by Crippen LogP contribution is -2.43. The summed E-state index contributed by atoms with van der Waals surface area (Å²) >= 11 is 0. The van der Waals surface area contributed by atoms with Gasteiger partial charge in [0.05, 0.1) is 10.1 Å². The van der Waals surface area contributed by atoms with Crippen molar-refractivity contribution in [3.05, 3.63) is 61.4 Å². The van der Waals surface area contributed by atoms with Gasteiger partial charge in [-0.2, -0.15) is 0 Å². The fourth-order valence-electron chi connectivity index (χ4n) is 2.44. The van der Waals surface area contributed by atoms with E-state index in [1.807, 2.05) is 0 Å². The van der Waals surface area contributed by atoms with Crippen LogP contribution in [0.25, 0.3) is 17.3 Å². The molecule has 0 radical (unpaired) electrons. The quantitative estimate of drug-likeness (QED) is 0.666. The maximum Gasteiger partial charge on any atom is 0.276 e. The van der Waals surface area contributed by atoms with Gasteiger partial charge in [0.25, 0.3) is 11.3 Å². The van der Waals surface area contributed by atoms with E-state index in [1.165, 1.54) is 6.08 Å². The first-order valence-corrected chi connectivity index (χ1v) is 6.48. The van der Waals surface area contributed by atoms with Crippen molar-refractivity contribution in [2.45, 2.75) is 26.2 Å². The van der Waals surface area contributed by atoms with Gasteiger partial charge in [-0.15, -0.1) is 0 Å². The van der Waals surface area contributed by atoms with Crippen LogP contribution in [0, 0.1) is 10.1 Å². The molecule has 0 saturated carbocycles. The van der Waals surface area contributed by atoms with Crippen molar-refractivity contribution >= 4 is 17.3 Å². The Hall–Kier alpha value is -2.43. The zero-order valence-corrected chi connectivity index (χ0v) is 11.3. The molecule has 0 fully saturated rings. The van der Waals surface area contributed by atoms with E-state index < -0.39 is 4.92 Å². The van der Waals surface area contributed by atoms with Gasteiger partial charge in [0.2, 0.25) is 0 Å². The molecule has 0 atom stereocenters. The van der Waals surface area contributed by atoms with E-state index in [2.05, 4.69) is 17.6 Å². The van der Waals surface area contributed by atoms with Gasteiger partial charge in [0.1, 0.15) is 0 Å².